The molecule has 4 heteroatoms. The van der Waals surface area contributed by atoms with Crippen LogP contribution in [0.25, 0.3) is 0 Å². The van der Waals surface area contributed by atoms with Crippen LogP contribution in [-0.4, -0.2) is 25.6 Å². The Balaban J connectivity index is 0.00000361. The SMILES string of the molecule is CCCN=C(NCC)NCCc1ccc(C)cc1C.I. The van der Waals surface area contributed by atoms with Gasteiger partial charge in [-0.3, -0.25) is 4.99 Å². The Morgan fingerprint density at radius 2 is 1.90 bits per heavy atom. The second-order valence-corrected chi connectivity index (χ2v) is 4.87. The Hall–Kier alpha value is -0.780. The summed E-state index contributed by atoms with van der Waals surface area (Å²) in [6.07, 6.45) is 2.11. The van der Waals surface area contributed by atoms with Crippen LogP contribution in [0, 0.1) is 13.8 Å². The predicted octanol–water partition coefficient (Wildman–Crippen LogP) is 3.43. The molecule has 0 saturated heterocycles. The van der Waals surface area contributed by atoms with Gasteiger partial charge in [0.25, 0.3) is 0 Å². The van der Waals surface area contributed by atoms with Crippen LogP contribution in [0.3, 0.4) is 0 Å². The third-order valence-electron chi connectivity index (χ3n) is 3.02. The van der Waals surface area contributed by atoms with Crippen LogP contribution in [0.1, 0.15) is 37.0 Å². The van der Waals surface area contributed by atoms with E-state index >= 15 is 0 Å². The molecule has 0 amide bonds. The summed E-state index contributed by atoms with van der Waals surface area (Å²) in [5.74, 6) is 0.925. The molecule has 0 heterocycles. The average molecular weight is 389 g/mol. The quantitative estimate of drug-likeness (QED) is 0.444. The van der Waals surface area contributed by atoms with E-state index < -0.39 is 0 Å². The van der Waals surface area contributed by atoms with Gasteiger partial charge in [0.05, 0.1) is 0 Å². The number of guanidine groups is 1. The van der Waals surface area contributed by atoms with Crippen molar-refractivity contribution in [1.29, 1.82) is 0 Å². The van der Waals surface area contributed by atoms with Gasteiger partial charge in [0, 0.05) is 19.6 Å². The molecule has 0 fully saturated rings. The van der Waals surface area contributed by atoms with Crippen molar-refractivity contribution in [1.82, 2.24) is 10.6 Å². The molecule has 2 N–H and O–H groups in total. The number of benzene rings is 1. The molecule has 0 bridgehead atoms. The average Bonchev–Trinajstić information content (AvgIpc) is 2.38. The minimum absolute atomic E-state index is 0. The van der Waals surface area contributed by atoms with Gasteiger partial charge < -0.3 is 10.6 Å². The van der Waals surface area contributed by atoms with Crippen molar-refractivity contribution >= 4 is 29.9 Å². The summed E-state index contributed by atoms with van der Waals surface area (Å²) in [7, 11) is 0. The van der Waals surface area contributed by atoms with Gasteiger partial charge in [0.2, 0.25) is 0 Å². The van der Waals surface area contributed by atoms with Crippen molar-refractivity contribution in [2.24, 2.45) is 4.99 Å². The maximum absolute atomic E-state index is 4.49. The van der Waals surface area contributed by atoms with Crippen LogP contribution >= 0.6 is 24.0 Å². The summed E-state index contributed by atoms with van der Waals surface area (Å²) in [4.78, 5) is 4.49. The summed E-state index contributed by atoms with van der Waals surface area (Å²) in [6.45, 7) is 11.2. The normalized spacial score (nSPS) is 10.9. The van der Waals surface area contributed by atoms with Crippen molar-refractivity contribution in [2.75, 3.05) is 19.6 Å². The highest BCUT2D eigenvalue weighted by molar-refractivity contribution is 14.0. The fourth-order valence-electron chi connectivity index (χ4n) is 2.01. The van der Waals surface area contributed by atoms with Crippen LogP contribution in [0.4, 0.5) is 0 Å². The third-order valence-corrected chi connectivity index (χ3v) is 3.02. The summed E-state index contributed by atoms with van der Waals surface area (Å²) >= 11 is 0. The molecular weight excluding hydrogens is 361 g/mol. The van der Waals surface area contributed by atoms with Crippen LogP contribution in [0.15, 0.2) is 23.2 Å². The van der Waals surface area contributed by atoms with Gasteiger partial charge in [-0.25, -0.2) is 0 Å². The van der Waals surface area contributed by atoms with Gasteiger partial charge in [0.1, 0.15) is 0 Å². The summed E-state index contributed by atoms with van der Waals surface area (Å²) < 4.78 is 0. The minimum atomic E-state index is 0. The number of hydrogen-bond donors (Lipinski definition) is 2. The molecule has 0 aliphatic rings. The lowest BCUT2D eigenvalue weighted by molar-refractivity contribution is 0.791. The van der Waals surface area contributed by atoms with Crippen molar-refractivity contribution in [2.45, 2.75) is 40.5 Å². The molecule has 0 saturated carbocycles. The molecule has 1 rings (SSSR count). The molecule has 1 aromatic carbocycles. The third kappa shape index (κ3) is 7.12. The molecule has 0 aliphatic heterocycles. The zero-order chi connectivity index (χ0) is 14.1. The number of aryl methyl sites for hydroxylation is 2. The number of rotatable bonds is 6. The molecule has 0 aliphatic carbocycles. The highest BCUT2D eigenvalue weighted by atomic mass is 127. The molecule has 20 heavy (non-hydrogen) atoms. The Morgan fingerprint density at radius 1 is 1.15 bits per heavy atom. The molecule has 1 aromatic rings. The van der Waals surface area contributed by atoms with E-state index in [-0.39, 0.29) is 24.0 Å². The maximum Gasteiger partial charge on any atom is 0.191 e. The standard InChI is InChI=1S/C16H27N3.HI/c1-5-10-18-16(17-6-2)19-11-9-15-8-7-13(3)12-14(15)4;/h7-8,12H,5-6,9-11H2,1-4H3,(H2,17,18,19);1H. The smallest absolute Gasteiger partial charge is 0.191 e. The van der Waals surface area contributed by atoms with Gasteiger partial charge >= 0.3 is 0 Å². The largest absolute Gasteiger partial charge is 0.357 e. The van der Waals surface area contributed by atoms with E-state index in [0.29, 0.717) is 0 Å². The fourth-order valence-corrected chi connectivity index (χ4v) is 2.01. The van der Waals surface area contributed by atoms with Gasteiger partial charge in [-0.2, -0.15) is 0 Å². The van der Waals surface area contributed by atoms with Gasteiger partial charge in [-0.1, -0.05) is 30.7 Å². The van der Waals surface area contributed by atoms with Crippen LogP contribution in [-0.2, 0) is 6.42 Å². The zero-order valence-corrected chi connectivity index (χ0v) is 15.5. The number of nitrogens with one attached hydrogen (secondary N) is 2. The number of halogens is 1. The number of aliphatic imine (C=N–C) groups is 1. The Kier molecular flexibility index (Phi) is 10.5. The van der Waals surface area contributed by atoms with E-state index in [9.17, 15) is 0 Å². The molecule has 0 aromatic heterocycles. The topological polar surface area (TPSA) is 36.4 Å². The first kappa shape index (κ1) is 19.2. The van der Waals surface area contributed by atoms with Crippen LogP contribution < -0.4 is 10.6 Å². The zero-order valence-electron chi connectivity index (χ0n) is 13.1. The number of nitrogens with zero attached hydrogens (tertiary/aromatic N) is 1. The van der Waals surface area contributed by atoms with Crippen LogP contribution in [0.5, 0.6) is 0 Å². The lowest BCUT2D eigenvalue weighted by Crippen LogP contribution is -2.38. The maximum atomic E-state index is 4.49. The van der Waals surface area contributed by atoms with Crippen molar-refractivity contribution < 1.29 is 0 Å². The first-order valence-electron chi connectivity index (χ1n) is 7.25. The molecule has 0 radical (unpaired) electrons. The molecule has 3 nitrogen and oxygen atoms in total. The second-order valence-electron chi connectivity index (χ2n) is 4.87. The lowest BCUT2D eigenvalue weighted by Gasteiger charge is -2.12. The van der Waals surface area contributed by atoms with Gasteiger partial charge in [0.15, 0.2) is 5.96 Å². The lowest BCUT2D eigenvalue weighted by atomic mass is 10.0. The first-order chi connectivity index (χ1) is 9.17. The summed E-state index contributed by atoms with van der Waals surface area (Å²) in [5.41, 5.74) is 4.11. The van der Waals surface area contributed by atoms with Crippen molar-refractivity contribution in [3.8, 4) is 0 Å². The Labute approximate surface area is 140 Å². The molecule has 114 valence electrons. The van der Waals surface area contributed by atoms with E-state index in [4.69, 9.17) is 0 Å². The van der Waals surface area contributed by atoms with E-state index in [2.05, 4.69) is 61.5 Å². The molecule has 0 unspecified atom stereocenters. The van der Waals surface area contributed by atoms with E-state index in [1.54, 1.807) is 0 Å². The predicted molar refractivity (Wildman–Crippen MR) is 99.3 cm³/mol. The highest BCUT2D eigenvalue weighted by Crippen LogP contribution is 2.10. The van der Waals surface area contributed by atoms with E-state index in [1.165, 1.54) is 16.7 Å². The molecule has 0 atom stereocenters. The van der Waals surface area contributed by atoms with Crippen molar-refractivity contribution in [3.63, 3.8) is 0 Å². The van der Waals surface area contributed by atoms with E-state index in [1.807, 2.05) is 0 Å². The van der Waals surface area contributed by atoms with Crippen molar-refractivity contribution in [3.05, 3.63) is 34.9 Å². The van der Waals surface area contributed by atoms with Gasteiger partial charge in [-0.05, 0) is 44.7 Å². The monoisotopic (exact) mass is 389 g/mol. The van der Waals surface area contributed by atoms with Crippen LogP contribution in [0.2, 0.25) is 0 Å². The second kappa shape index (κ2) is 10.9. The summed E-state index contributed by atoms with van der Waals surface area (Å²) in [6, 6.07) is 6.65. The minimum Gasteiger partial charge on any atom is -0.357 e. The Bertz CT molecular complexity index is 416. The summed E-state index contributed by atoms with van der Waals surface area (Å²) in [5, 5.41) is 6.65. The Morgan fingerprint density at radius 3 is 2.50 bits per heavy atom. The van der Waals surface area contributed by atoms with Gasteiger partial charge in [-0.15, -0.1) is 24.0 Å². The first-order valence-corrected chi connectivity index (χ1v) is 7.25. The molecular formula is C16H28IN3. The van der Waals surface area contributed by atoms with E-state index in [0.717, 1.165) is 38.4 Å². The highest BCUT2D eigenvalue weighted by Gasteiger charge is 2.00. The number of hydrogen-bond acceptors (Lipinski definition) is 1. The molecule has 0 spiro atoms. The fraction of sp³-hybridized carbons (Fsp3) is 0.562.